The first-order chi connectivity index (χ1) is 6.19. The van der Waals surface area contributed by atoms with Crippen LogP contribution >= 0.6 is 11.6 Å². The maximum absolute atomic E-state index is 6.28. The maximum Gasteiger partial charge on any atom is 0.0978 e. The molecule has 0 aromatic rings. The number of likely N-dealkylation sites (N-methyl/N-ethyl adjacent to an activating group) is 2. The normalized spacial score (nSPS) is 14.1. The van der Waals surface area contributed by atoms with Crippen LogP contribution in [0.1, 0.15) is 27.7 Å². The van der Waals surface area contributed by atoms with E-state index in [0.717, 1.165) is 32.7 Å². The smallest absolute Gasteiger partial charge is 0.0978 e. The minimum atomic E-state index is 0.162. The fraction of sp³-hybridized carbons (Fsp3) is 1.00. The third kappa shape index (κ3) is 4.84. The third-order valence-electron chi connectivity index (χ3n) is 2.51. The quantitative estimate of drug-likeness (QED) is 0.466. The molecule has 0 aliphatic rings. The zero-order chi connectivity index (χ0) is 10.3. The Hall–Kier alpha value is 0.210. The van der Waals surface area contributed by atoms with Crippen LogP contribution in [0.4, 0.5) is 0 Å². The van der Waals surface area contributed by atoms with Crippen LogP contribution in [-0.2, 0) is 0 Å². The van der Waals surface area contributed by atoms with E-state index in [9.17, 15) is 0 Å². The largest absolute Gasteiger partial charge is 0.301 e. The zero-order valence-corrected chi connectivity index (χ0v) is 10.1. The van der Waals surface area contributed by atoms with Gasteiger partial charge in [-0.1, -0.05) is 27.7 Å². The second kappa shape index (κ2) is 7.60. The maximum atomic E-state index is 6.28. The van der Waals surface area contributed by atoms with Gasteiger partial charge in [0.25, 0.3) is 0 Å². The number of nitrogens with zero attached hydrogens (tertiary/aromatic N) is 2. The molecule has 0 heterocycles. The van der Waals surface area contributed by atoms with Crippen LogP contribution < -0.4 is 0 Å². The number of hydrogen-bond donors (Lipinski definition) is 0. The van der Waals surface area contributed by atoms with E-state index < -0.39 is 0 Å². The van der Waals surface area contributed by atoms with Crippen molar-refractivity contribution in [3.63, 3.8) is 0 Å². The highest BCUT2D eigenvalue weighted by Crippen LogP contribution is 2.06. The van der Waals surface area contributed by atoms with Crippen molar-refractivity contribution in [3.8, 4) is 0 Å². The monoisotopic (exact) mass is 206 g/mol. The molecule has 0 bridgehead atoms. The molecule has 1 atom stereocenters. The first kappa shape index (κ1) is 13.2. The molecule has 3 heteroatoms. The average Bonchev–Trinajstić information content (AvgIpc) is 2.16. The summed E-state index contributed by atoms with van der Waals surface area (Å²) in [7, 11) is 0. The lowest BCUT2D eigenvalue weighted by molar-refractivity contribution is 0.203. The summed E-state index contributed by atoms with van der Waals surface area (Å²) >= 11 is 6.28. The van der Waals surface area contributed by atoms with Gasteiger partial charge in [0, 0.05) is 6.54 Å². The lowest BCUT2D eigenvalue weighted by Crippen LogP contribution is -2.40. The van der Waals surface area contributed by atoms with Crippen molar-refractivity contribution in [2.45, 2.75) is 33.2 Å². The van der Waals surface area contributed by atoms with Gasteiger partial charge in [0.2, 0.25) is 0 Å². The molecular formula is C10H23ClN2. The molecule has 2 nitrogen and oxygen atoms in total. The summed E-state index contributed by atoms with van der Waals surface area (Å²) in [5.41, 5.74) is 0.162. The molecule has 0 amide bonds. The molecule has 0 saturated heterocycles. The number of alkyl halides is 1. The number of hydrogen-bond acceptors (Lipinski definition) is 2. The van der Waals surface area contributed by atoms with E-state index in [1.807, 2.05) is 0 Å². The summed E-state index contributed by atoms with van der Waals surface area (Å²) in [5.74, 6) is 0. The van der Waals surface area contributed by atoms with Crippen LogP contribution in [-0.4, -0.2) is 48.0 Å². The van der Waals surface area contributed by atoms with Crippen molar-refractivity contribution < 1.29 is 0 Å². The fourth-order valence-electron chi connectivity index (χ4n) is 1.43. The van der Waals surface area contributed by atoms with Crippen molar-refractivity contribution >= 4 is 11.6 Å². The fourth-order valence-corrected chi connectivity index (χ4v) is 1.90. The molecule has 0 aliphatic carbocycles. The molecule has 80 valence electrons. The van der Waals surface area contributed by atoms with E-state index in [2.05, 4.69) is 37.5 Å². The molecule has 0 fully saturated rings. The molecule has 0 radical (unpaired) electrons. The Kier molecular flexibility index (Phi) is 7.72. The van der Waals surface area contributed by atoms with Gasteiger partial charge in [-0.3, -0.25) is 4.90 Å². The molecule has 0 spiro atoms. The molecule has 0 rings (SSSR count). The van der Waals surface area contributed by atoms with E-state index in [-0.39, 0.29) is 5.50 Å². The molecule has 0 saturated carbocycles. The summed E-state index contributed by atoms with van der Waals surface area (Å²) in [5, 5.41) is 0. The minimum absolute atomic E-state index is 0.162. The SMILES string of the molecule is CCN(CC)CC(Cl)N(CC)CC. The van der Waals surface area contributed by atoms with Gasteiger partial charge in [0.1, 0.15) is 0 Å². The Balaban J connectivity index is 3.87. The van der Waals surface area contributed by atoms with Gasteiger partial charge in [-0.15, -0.1) is 11.6 Å². The van der Waals surface area contributed by atoms with E-state index >= 15 is 0 Å². The highest BCUT2D eigenvalue weighted by Gasteiger charge is 2.14. The van der Waals surface area contributed by atoms with E-state index in [0.29, 0.717) is 0 Å². The summed E-state index contributed by atoms with van der Waals surface area (Å²) in [6, 6.07) is 0. The summed E-state index contributed by atoms with van der Waals surface area (Å²) in [6.07, 6.45) is 0. The molecule has 0 aliphatic heterocycles. The molecule has 0 N–H and O–H groups in total. The Morgan fingerprint density at radius 3 is 1.69 bits per heavy atom. The van der Waals surface area contributed by atoms with Crippen LogP contribution in [0.25, 0.3) is 0 Å². The van der Waals surface area contributed by atoms with Gasteiger partial charge in [-0.2, -0.15) is 0 Å². The second-order valence-electron chi connectivity index (χ2n) is 3.14. The Morgan fingerprint density at radius 2 is 1.38 bits per heavy atom. The van der Waals surface area contributed by atoms with Gasteiger partial charge in [0.05, 0.1) is 5.50 Å². The van der Waals surface area contributed by atoms with Crippen LogP contribution in [0.3, 0.4) is 0 Å². The van der Waals surface area contributed by atoms with Gasteiger partial charge >= 0.3 is 0 Å². The van der Waals surface area contributed by atoms with Crippen molar-refractivity contribution in [3.05, 3.63) is 0 Å². The van der Waals surface area contributed by atoms with Crippen molar-refractivity contribution in [2.75, 3.05) is 32.7 Å². The summed E-state index contributed by atoms with van der Waals surface area (Å²) < 4.78 is 0. The summed E-state index contributed by atoms with van der Waals surface area (Å²) in [6.45, 7) is 13.9. The second-order valence-corrected chi connectivity index (χ2v) is 3.65. The predicted molar refractivity (Wildman–Crippen MR) is 60.4 cm³/mol. The van der Waals surface area contributed by atoms with E-state index in [1.165, 1.54) is 0 Å². The first-order valence-corrected chi connectivity index (χ1v) is 5.73. The van der Waals surface area contributed by atoms with Crippen LogP contribution in [0, 0.1) is 0 Å². The average molecular weight is 207 g/mol. The minimum Gasteiger partial charge on any atom is -0.301 e. The van der Waals surface area contributed by atoms with Crippen LogP contribution in [0.2, 0.25) is 0 Å². The van der Waals surface area contributed by atoms with Gasteiger partial charge in [-0.25, -0.2) is 0 Å². The third-order valence-corrected chi connectivity index (χ3v) is 2.93. The number of rotatable bonds is 7. The standard InChI is InChI=1S/C10H23ClN2/c1-5-12(6-2)9-10(11)13(7-3)8-4/h10H,5-9H2,1-4H3. The molecule has 0 aromatic carbocycles. The van der Waals surface area contributed by atoms with Crippen molar-refractivity contribution in [1.29, 1.82) is 0 Å². The lowest BCUT2D eigenvalue weighted by atomic mass is 10.4. The predicted octanol–water partition coefficient (Wildman–Crippen LogP) is 2.23. The molecule has 0 aromatic heterocycles. The van der Waals surface area contributed by atoms with Crippen LogP contribution in [0.15, 0.2) is 0 Å². The van der Waals surface area contributed by atoms with E-state index in [1.54, 1.807) is 0 Å². The van der Waals surface area contributed by atoms with Gasteiger partial charge in [-0.05, 0) is 26.2 Å². The van der Waals surface area contributed by atoms with E-state index in [4.69, 9.17) is 11.6 Å². The molecule has 1 unspecified atom stereocenters. The summed E-state index contributed by atoms with van der Waals surface area (Å²) in [4.78, 5) is 4.63. The highest BCUT2D eigenvalue weighted by atomic mass is 35.5. The Morgan fingerprint density at radius 1 is 0.923 bits per heavy atom. The zero-order valence-electron chi connectivity index (χ0n) is 9.39. The van der Waals surface area contributed by atoms with Crippen LogP contribution in [0.5, 0.6) is 0 Å². The molecule has 13 heavy (non-hydrogen) atoms. The Bertz CT molecular complexity index is 111. The van der Waals surface area contributed by atoms with Gasteiger partial charge < -0.3 is 4.90 Å². The first-order valence-electron chi connectivity index (χ1n) is 5.29. The topological polar surface area (TPSA) is 6.48 Å². The van der Waals surface area contributed by atoms with Gasteiger partial charge in [0.15, 0.2) is 0 Å². The molecular weight excluding hydrogens is 184 g/mol. The van der Waals surface area contributed by atoms with Crippen molar-refractivity contribution in [2.24, 2.45) is 0 Å². The Labute approximate surface area is 87.8 Å². The number of halogens is 1. The van der Waals surface area contributed by atoms with Crippen molar-refractivity contribution in [1.82, 2.24) is 9.80 Å². The highest BCUT2D eigenvalue weighted by molar-refractivity contribution is 6.20. The lowest BCUT2D eigenvalue weighted by Gasteiger charge is -2.29.